The van der Waals surface area contributed by atoms with Crippen LogP contribution in [0.5, 0.6) is 11.5 Å². The van der Waals surface area contributed by atoms with Crippen LogP contribution < -0.4 is 14.9 Å². The van der Waals surface area contributed by atoms with Crippen molar-refractivity contribution in [2.45, 2.75) is 0 Å². The van der Waals surface area contributed by atoms with Crippen molar-refractivity contribution in [2.75, 3.05) is 6.61 Å². The number of non-ortho nitro benzene ring substituents is 1. The number of nitrogens with zero attached hydrogens (tertiary/aromatic N) is 2. The predicted octanol–water partition coefficient (Wildman–Crippen LogP) is 4.11. The molecule has 3 aromatic carbocycles. The van der Waals surface area contributed by atoms with E-state index in [0.717, 1.165) is 4.47 Å². The summed E-state index contributed by atoms with van der Waals surface area (Å²) in [7, 11) is 0. The van der Waals surface area contributed by atoms with E-state index in [9.17, 15) is 19.7 Å². The van der Waals surface area contributed by atoms with Crippen molar-refractivity contribution in [3.63, 3.8) is 0 Å². The Hall–Kier alpha value is -4.05. The number of nitrogens with one attached hydrogen (secondary N) is 1. The van der Waals surface area contributed by atoms with Gasteiger partial charge in [-0.2, -0.15) is 5.10 Å². The zero-order valence-electron chi connectivity index (χ0n) is 16.4. The van der Waals surface area contributed by atoms with Crippen LogP contribution in [0, 0.1) is 10.1 Å². The molecule has 0 radical (unpaired) electrons. The van der Waals surface area contributed by atoms with Gasteiger partial charge in [-0.3, -0.25) is 14.9 Å². The van der Waals surface area contributed by atoms with Crippen LogP contribution in [0.3, 0.4) is 0 Å². The third kappa shape index (κ3) is 6.47. The predicted molar refractivity (Wildman–Crippen MR) is 120 cm³/mol. The van der Waals surface area contributed by atoms with Gasteiger partial charge in [-0.1, -0.05) is 34.1 Å². The maximum absolute atomic E-state index is 12.3. The second-order valence-corrected chi connectivity index (χ2v) is 7.19. The number of hydrazone groups is 1. The summed E-state index contributed by atoms with van der Waals surface area (Å²) in [6.07, 6.45) is 1.34. The van der Waals surface area contributed by atoms with Gasteiger partial charge in [0.15, 0.2) is 6.61 Å². The molecule has 0 heterocycles. The summed E-state index contributed by atoms with van der Waals surface area (Å²) < 4.78 is 11.4. The van der Waals surface area contributed by atoms with E-state index in [1.807, 2.05) is 0 Å². The summed E-state index contributed by atoms with van der Waals surface area (Å²) in [6.45, 7) is -0.344. The molecule has 162 valence electrons. The monoisotopic (exact) mass is 497 g/mol. The smallest absolute Gasteiger partial charge is 0.343 e. The van der Waals surface area contributed by atoms with Crippen molar-refractivity contribution < 1.29 is 24.0 Å². The standard InChI is InChI=1S/C22H16BrN3O6/c23-17-6-11-20(32-22(28)15-4-2-1-3-5-15)16(12-17)13-24-25-21(27)14-31-19-9-7-18(8-10-19)26(29)30/h1-13H,14H2,(H,25,27)/b24-13+. The van der Waals surface area contributed by atoms with Gasteiger partial charge >= 0.3 is 5.97 Å². The van der Waals surface area contributed by atoms with Crippen LogP contribution in [-0.4, -0.2) is 29.6 Å². The molecule has 0 spiro atoms. The SMILES string of the molecule is O=C(COc1ccc([N+](=O)[O-])cc1)N/N=C/c1cc(Br)ccc1OC(=O)c1ccccc1. The molecule has 0 aromatic heterocycles. The molecule has 3 rings (SSSR count). The Labute approximate surface area is 190 Å². The van der Waals surface area contributed by atoms with Gasteiger partial charge in [0.1, 0.15) is 11.5 Å². The number of ether oxygens (including phenoxy) is 2. The normalized spacial score (nSPS) is 10.5. The number of nitro benzene ring substituents is 1. The average molecular weight is 498 g/mol. The number of amides is 1. The highest BCUT2D eigenvalue weighted by atomic mass is 79.9. The highest BCUT2D eigenvalue weighted by Crippen LogP contribution is 2.23. The minimum absolute atomic E-state index is 0.0795. The minimum atomic E-state index is -0.544. The molecule has 0 aliphatic heterocycles. The van der Waals surface area contributed by atoms with E-state index in [1.165, 1.54) is 30.5 Å². The molecule has 1 amide bonds. The molecule has 10 heteroatoms. The number of nitro groups is 1. The molecular weight excluding hydrogens is 482 g/mol. The Balaban J connectivity index is 1.58. The zero-order chi connectivity index (χ0) is 22.9. The van der Waals surface area contributed by atoms with Gasteiger partial charge in [0.05, 0.1) is 16.7 Å². The fraction of sp³-hybridized carbons (Fsp3) is 0.0455. The summed E-state index contributed by atoms with van der Waals surface area (Å²) in [5.74, 6) is -0.500. The molecule has 0 bridgehead atoms. The van der Waals surface area contributed by atoms with Gasteiger partial charge in [0.2, 0.25) is 0 Å². The van der Waals surface area contributed by atoms with Crippen LogP contribution in [-0.2, 0) is 4.79 Å². The van der Waals surface area contributed by atoms with E-state index in [-0.39, 0.29) is 18.0 Å². The van der Waals surface area contributed by atoms with Gasteiger partial charge in [0.25, 0.3) is 11.6 Å². The third-order valence-electron chi connectivity index (χ3n) is 3.99. The summed E-state index contributed by atoms with van der Waals surface area (Å²) in [4.78, 5) is 34.4. The van der Waals surface area contributed by atoms with Gasteiger partial charge in [-0.05, 0) is 42.5 Å². The first-order valence-corrected chi connectivity index (χ1v) is 9.97. The second kappa shape index (κ2) is 10.8. The molecule has 0 saturated heterocycles. The number of hydrogen-bond acceptors (Lipinski definition) is 7. The second-order valence-electron chi connectivity index (χ2n) is 6.27. The van der Waals surface area contributed by atoms with E-state index in [0.29, 0.717) is 16.9 Å². The number of carbonyl (C=O) groups excluding carboxylic acids is 2. The lowest BCUT2D eigenvalue weighted by molar-refractivity contribution is -0.384. The fourth-order valence-electron chi connectivity index (χ4n) is 2.47. The number of rotatable bonds is 8. The van der Waals surface area contributed by atoms with Gasteiger partial charge < -0.3 is 9.47 Å². The molecule has 0 aliphatic rings. The van der Waals surface area contributed by atoms with E-state index >= 15 is 0 Å². The summed E-state index contributed by atoms with van der Waals surface area (Å²) >= 11 is 3.34. The zero-order valence-corrected chi connectivity index (χ0v) is 18.0. The minimum Gasteiger partial charge on any atom is -0.484 e. The summed E-state index contributed by atoms with van der Waals surface area (Å²) in [6, 6.07) is 18.9. The highest BCUT2D eigenvalue weighted by molar-refractivity contribution is 9.10. The number of hydrogen-bond donors (Lipinski definition) is 1. The van der Waals surface area contributed by atoms with E-state index in [2.05, 4.69) is 26.5 Å². The van der Waals surface area contributed by atoms with Crippen LogP contribution in [0.25, 0.3) is 0 Å². The van der Waals surface area contributed by atoms with E-state index < -0.39 is 16.8 Å². The van der Waals surface area contributed by atoms with E-state index in [4.69, 9.17) is 9.47 Å². The number of halogens is 1. The van der Waals surface area contributed by atoms with Crippen molar-refractivity contribution in [1.82, 2.24) is 5.43 Å². The lowest BCUT2D eigenvalue weighted by Gasteiger charge is -2.08. The maximum Gasteiger partial charge on any atom is 0.343 e. The quantitative estimate of drug-likeness (QED) is 0.164. The van der Waals surface area contributed by atoms with Gasteiger partial charge in [0, 0.05) is 22.2 Å². The molecule has 0 fully saturated rings. The molecule has 0 aliphatic carbocycles. The lowest BCUT2D eigenvalue weighted by Crippen LogP contribution is -2.24. The first kappa shape index (κ1) is 22.6. The largest absolute Gasteiger partial charge is 0.484 e. The number of carbonyl (C=O) groups is 2. The van der Waals surface area contributed by atoms with Crippen LogP contribution in [0.2, 0.25) is 0 Å². The van der Waals surface area contributed by atoms with Crippen LogP contribution in [0.1, 0.15) is 15.9 Å². The average Bonchev–Trinajstić information content (AvgIpc) is 2.80. The van der Waals surface area contributed by atoms with Crippen molar-refractivity contribution in [1.29, 1.82) is 0 Å². The van der Waals surface area contributed by atoms with Crippen LogP contribution in [0.4, 0.5) is 5.69 Å². The molecule has 3 aromatic rings. The van der Waals surface area contributed by atoms with Crippen molar-refractivity contribution >= 4 is 39.7 Å². The van der Waals surface area contributed by atoms with Crippen molar-refractivity contribution in [3.05, 3.63) is 98.5 Å². The Bertz CT molecular complexity index is 1150. The van der Waals surface area contributed by atoms with Crippen molar-refractivity contribution in [2.24, 2.45) is 5.10 Å². The number of esters is 1. The Morgan fingerprint density at radius 3 is 2.47 bits per heavy atom. The molecule has 9 nitrogen and oxygen atoms in total. The first-order valence-electron chi connectivity index (χ1n) is 9.18. The molecule has 0 unspecified atom stereocenters. The topological polar surface area (TPSA) is 120 Å². The Morgan fingerprint density at radius 1 is 1.06 bits per heavy atom. The van der Waals surface area contributed by atoms with E-state index in [1.54, 1.807) is 48.5 Å². The van der Waals surface area contributed by atoms with Crippen LogP contribution >= 0.6 is 15.9 Å². The van der Waals surface area contributed by atoms with Gasteiger partial charge in [-0.25, -0.2) is 10.2 Å². The molecule has 0 atom stereocenters. The maximum atomic E-state index is 12.3. The molecular formula is C22H16BrN3O6. The van der Waals surface area contributed by atoms with Crippen LogP contribution in [0.15, 0.2) is 82.4 Å². The first-order chi connectivity index (χ1) is 15.4. The third-order valence-corrected chi connectivity index (χ3v) is 4.49. The highest BCUT2D eigenvalue weighted by Gasteiger charge is 2.11. The lowest BCUT2D eigenvalue weighted by atomic mass is 10.2. The summed E-state index contributed by atoms with van der Waals surface area (Å²) in [5.41, 5.74) is 3.08. The fourth-order valence-corrected chi connectivity index (χ4v) is 2.84. The molecule has 32 heavy (non-hydrogen) atoms. The number of benzene rings is 3. The summed E-state index contributed by atoms with van der Waals surface area (Å²) in [5, 5.41) is 14.5. The van der Waals surface area contributed by atoms with Crippen molar-refractivity contribution in [3.8, 4) is 11.5 Å². The Kier molecular flexibility index (Phi) is 7.65. The Morgan fingerprint density at radius 2 is 1.78 bits per heavy atom. The van der Waals surface area contributed by atoms with Gasteiger partial charge in [-0.15, -0.1) is 0 Å². The molecule has 0 saturated carbocycles. The molecule has 1 N–H and O–H groups in total.